The molecule has 2 N–H and O–H groups in total. The van der Waals surface area contributed by atoms with E-state index in [2.05, 4.69) is 17.2 Å². The molecule has 0 unspecified atom stereocenters. The van der Waals surface area contributed by atoms with Crippen molar-refractivity contribution in [3.05, 3.63) is 53.7 Å². The molecule has 18 heavy (non-hydrogen) atoms. The normalized spacial score (nSPS) is 10.1. The van der Waals surface area contributed by atoms with Gasteiger partial charge in [-0.05, 0) is 36.2 Å². The first-order chi connectivity index (χ1) is 8.70. The summed E-state index contributed by atoms with van der Waals surface area (Å²) in [6.07, 6.45) is 2.54. The summed E-state index contributed by atoms with van der Waals surface area (Å²) in [6, 6.07) is 11.0. The fourth-order valence-electron chi connectivity index (χ4n) is 1.64. The van der Waals surface area contributed by atoms with E-state index in [-0.39, 0.29) is 5.56 Å². The van der Waals surface area contributed by atoms with E-state index < -0.39 is 5.97 Å². The van der Waals surface area contributed by atoms with E-state index in [0.717, 1.165) is 12.1 Å². The number of carboxylic acid groups (broad SMARTS) is 1. The molecule has 0 amide bonds. The van der Waals surface area contributed by atoms with Crippen molar-refractivity contribution in [3.8, 4) is 0 Å². The fraction of sp³-hybridized carbons (Fsp3) is 0.143. The second-order valence-electron chi connectivity index (χ2n) is 3.88. The molecule has 1 aromatic heterocycles. The molecule has 0 radical (unpaired) electrons. The van der Waals surface area contributed by atoms with E-state index >= 15 is 0 Å². The number of carboxylic acids is 1. The first-order valence-electron chi connectivity index (χ1n) is 5.75. The predicted octanol–water partition coefficient (Wildman–Crippen LogP) is 3.09. The zero-order valence-corrected chi connectivity index (χ0v) is 10.1. The van der Waals surface area contributed by atoms with Gasteiger partial charge in [-0.3, -0.25) is 0 Å². The summed E-state index contributed by atoms with van der Waals surface area (Å²) in [5.41, 5.74) is 2.23. The molecule has 0 atom stereocenters. The Bertz CT molecular complexity index is 550. The van der Waals surface area contributed by atoms with Gasteiger partial charge in [0.1, 0.15) is 11.4 Å². The Hall–Kier alpha value is -2.36. The summed E-state index contributed by atoms with van der Waals surface area (Å²) in [5, 5.41) is 12.1. The number of hydrogen-bond donors (Lipinski definition) is 2. The largest absolute Gasteiger partial charge is 0.478 e. The topological polar surface area (TPSA) is 62.2 Å². The number of pyridine rings is 1. The molecule has 0 bridgehead atoms. The molecule has 0 fully saturated rings. The van der Waals surface area contributed by atoms with E-state index in [4.69, 9.17) is 5.11 Å². The molecule has 4 heteroatoms. The summed E-state index contributed by atoms with van der Waals surface area (Å²) in [5.74, 6) is -0.634. The van der Waals surface area contributed by atoms with Crippen molar-refractivity contribution in [1.82, 2.24) is 4.98 Å². The van der Waals surface area contributed by atoms with Crippen LogP contribution in [-0.4, -0.2) is 16.1 Å². The highest BCUT2D eigenvalue weighted by atomic mass is 16.4. The van der Waals surface area contributed by atoms with Crippen LogP contribution in [0.25, 0.3) is 0 Å². The highest BCUT2D eigenvalue weighted by Crippen LogP contribution is 2.18. The first kappa shape index (κ1) is 12.1. The number of hydrogen-bond acceptors (Lipinski definition) is 3. The van der Waals surface area contributed by atoms with Gasteiger partial charge in [0.25, 0.3) is 0 Å². The number of benzene rings is 1. The van der Waals surface area contributed by atoms with Crippen molar-refractivity contribution in [2.45, 2.75) is 13.3 Å². The highest BCUT2D eigenvalue weighted by Gasteiger charge is 2.10. The van der Waals surface area contributed by atoms with Gasteiger partial charge >= 0.3 is 5.97 Å². The standard InChI is InChI=1S/C14H14N2O2/c1-2-10-5-7-11(8-6-10)16-13-12(14(17)18)4-3-9-15-13/h3-9H,2H2,1H3,(H,15,16)(H,17,18). The second-order valence-corrected chi connectivity index (χ2v) is 3.88. The molecular weight excluding hydrogens is 228 g/mol. The Labute approximate surface area is 105 Å². The van der Waals surface area contributed by atoms with E-state index in [0.29, 0.717) is 5.82 Å². The van der Waals surface area contributed by atoms with Crippen LogP contribution in [0, 0.1) is 0 Å². The molecule has 2 rings (SSSR count). The van der Waals surface area contributed by atoms with E-state index in [9.17, 15) is 4.79 Å². The number of carbonyl (C=O) groups is 1. The number of anilines is 2. The van der Waals surface area contributed by atoms with Gasteiger partial charge in [-0.1, -0.05) is 19.1 Å². The molecule has 92 valence electrons. The zero-order chi connectivity index (χ0) is 13.0. The lowest BCUT2D eigenvalue weighted by Gasteiger charge is -2.08. The number of aromatic nitrogens is 1. The van der Waals surface area contributed by atoms with Crippen LogP contribution in [-0.2, 0) is 6.42 Å². The summed E-state index contributed by atoms with van der Waals surface area (Å²) in [7, 11) is 0. The molecule has 0 aliphatic heterocycles. The smallest absolute Gasteiger partial charge is 0.339 e. The maximum Gasteiger partial charge on any atom is 0.339 e. The Morgan fingerprint density at radius 3 is 2.61 bits per heavy atom. The van der Waals surface area contributed by atoms with Gasteiger partial charge in [-0.15, -0.1) is 0 Å². The zero-order valence-electron chi connectivity index (χ0n) is 10.1. The number of nitrogens with zero attached hydrogens (tertiary/aromatic N) is 1. The monoisotopic (exact) mass is 242 g/mol. The average Bonchev–Trinajstić information content (AvgIpc) is 2.40. The summed E-state index contributed by atoms with van der Waals surface area (Å²) in [6.45, 7) is 2.09. The third-order valence-corrected chi connectivity index (χ3v) is 2.66. The maximum absolute atomic E-state index is 11.0. The lowest BCUT2D eigenvalue weighted by molar-refractivity contribution is 0.0697. The molecule has 2 aromatic rings. The molecule has 1 heterocycles. The third-order valence-electron chi connectivity index (χ3n) is 2.66. The van der Waals surface area contributed by atoms with Crippen molar-refractivity contribution >= 4 is 17.5 Å². The van der Waals surface area contributed by atoms with Crippen molar-refractivity contribution in [2.24, 2.45) is 0 Å². The molecule has 4 nitrogen and oxygen atoms in total. The van der Waals surface area contributed by atoms with Crippen LogP contribution >= 0.6 is 0 Å². The minimum Gasteiger partial charge on any atom is -0.478 e. The van der Waals surface area contributed by atoms with Gasteiger partial charge < -0.3 is 10.4 Å². The van der Waals surface area contributed by atoms with Crippen molar-refractivity contribution < 1.29 is 9.90 Å². The number of rotatable bonds is 4. The van der Waals surface area contributed by atoms with Crippen molar-refractivity contribution in [2.75, 3.05) is 5.32 Å². The Morgan fingerprint density at radius 2 is 2.00 bits per heavy atom. The summed E-state index contributed by atoms with van der Waals surface area (Å²) >= 11 is 0. The lowest BCUT2D eigenvalue weighted by Crippen LogP contribution is -2.04. The minimum atomic E-state index is -0.990. The molecule has 0 saturated heterocycles. The van der Waals surface area contributed by atoms with Crippen molar-refractivity contribution in [3.63, 3.8) is 0 Å². The molecule has 0 saturated carbocycles. The number of aryl methyl sites for hydroxylation is 1. The van der Waals surface area contributed by atoms with Crippen LogP contribution in [0.1, 0.15) is 22.8 Å². The van der Waals surface area contributed by atoms with E-state index in [1.54, 1.807) is 12.3 Å². The first-order valence-corrected chi connectivity index (χ1v) is 5.75. The quantitative estimate of drug-likeness (QED) is 0.864. The SMILES string of the molecule is CCc1ccc(Nc2ncccc2C(=O)O)cc1. The molecule has 1 aromatic carbocycles. The van der Waals surface area contributed by atoms with E-state index in [1.165, 1.54) is 11.6 Å². The predicted molar refractivity (Wildman–Crippen MR) is 70.3 cm³/mol. The van der Waals surface area contributed by atoms with Gasteiger partial charge in [-0.2, -0.15) is 0 Å². The maximum atomic E-state index is 11.0. The van der Waals surface area contributed by atoms with Gasteiger partial charge in [0.2, 0.25) is 0 Å². The van der Waals surface area contributed by atoms with Crippen LogP contribution in [0.2, 0.25) is 0 Å². The minimum absolute atomic E-state index is 0.164. The molecule has 0 aliphatic carbocycles. The van der Waals surface area contributed by atoms with Crippen molar-refractivity contribution in [1.29, 1.82) is 0 Å². The molecule has 0 aliphatic rings. The van der Waals surface area contributed by atoms with E-state index in [1.807, 2.05) is 24.3 Å². The lowest BCUT2D eigenvalue weighted by atomic mass is 10.1. The third kappa shape index (κ3) is 2.66. The van der Waals surface area contributed by atoms with Gasteiger partial charge in [0.15, 0.2) is 0 Å². The van der Waals surface area contributed by atoms with Crippen LogP contribution in [0.3, 0.4) is 0 Å². The summed E-state index contributed by atoms with van der Waals surface area (Å²) < 4.78 is 0. The Morgan fingerprint density at radius 1 is 1.28 bits per heavy atom. The van der Waals surface area contributed by atoms with Gasteiger partial charge in [0.05, 0.1) is 0 Å². The van der Waals surface area contributed by atoms with Gasteiger partial charge in [0, 0.05) is 11.9 Å². The number of aromatic carboxylic acids is 1. The fourth-order valence-corrected chi connectivity index (χ4v) is 1.64. The second kappa shape index (κ2) is 5.31. The average molecular weight is 242 g/mol. The highest BCUT2D eigenvalue weighted by molar-refractivity contribution is 5.93. The molecular formula is C14H14N2O2. The Balaban J connectivity index is 2.25. The summed E-state index contributed by atoms with van der Waals surface area (Å²) in [4.78, 5) is 15.1. The number of nitrogens with one attached hydrogen (secondary N) is 1. The van der Waals surface area contributed by atoms with Crippen LogP contribution in [0.4, 0.5) is 11.5 Å². The van der Waals surface area contributed by atoms with Crippen LogP contribution in [0.15, 0.2) is 42.6 Å². The van der Waals surface area contributed by atoms with Gasteiger partial charge in [-0.25, -0.2) is 9.78 Å². The van der Waals surface area contributed by atoms with Crippen LogP contribution in [0.5, 0.6) is 0 Å². The Kier molecular flexibility index (Phi) is 3.57. The molecule has 0 spiro atoms. The van der Waals surface area contributed by atoms with Crippen LogP contribution < -0.4 is 5.32 Å².